The minimum absolute atomic E-state index is 0.246. The van der Waals surface area contributed by atoms with E-state index in [9.17, 15) is 4.79 Å². The van der Waals surface area contributed by atoms with Crippen LogP contribution in [0.25, 0.3) is 0 Å². The molecule has 98 valence electrons. The van der Waals surface area contributed by atoms with Crippen LogP contribution in [0.2, 0.25) is 0 Å². The van der Waals surface area contributed by atoms with Crippen LogP contribution in [0, 0.1) is 0 Å². The summed E-state index contributed by atoms with van der Waals surface area (Å²) < 4.78 is 4.97. The molecule has 1 aromatic carbocycles. The molecule has 2 rings (SSSR count). The zero-order chi connectivity index (χ0) is 13.0. The smallest absolute Gasteiger partial charge is 0.338 e. The summed E-state index contributed by atoms with van der Waals surface area (Å²) in [7, 11) is 0. The molecule has 1 aromatic rings. The normalized spacial score (nSPS) is 23.7. The summed E-state index contributed by atoms with van der Waals surface area (Å²) in [4.78, 5) is 11.5. The minimum atomic E-state index is -0.246. The molecule has 0 radical (unpaired) electrons. The molecular weight excluding hydrogens is 226 g/mol. The summed E-state index contributed by atoms with van der Waals surface area (Å²) in [6.45, 7) is 2.23. The zero-order valence-corrected chi connectivity index (χ0v) is 10.9. The molecule has 2 N–H and O–H groups in total. The van der Waals surface area contributed by atoms with Crippen LogP contribution in [0.4, 0.5) is 0 Å². The quantitative estimate of drug-likeness (QED) is 0.836. The van der Waals surface area contributed by atoms with Crippen molar-refractivity contribution in [3.05, 3.63) is 35.4 Å². The van der Waals surface area contributed by atoms with E-state index in [-0.39, 0.29) is 5.97 Å². The van der Waals surface area contributed by atoms with Crippen LogP contribution in [0.5, 0.6) is 0 Å². The van der Waals surface area contributed by atoms with Crippen molar-refractivity contribution in [2.24, 2.45) is 5.73 Å². The predicted octanol–water partition coefficient (Wildman–Crippen LogP) is 2.85. The monoisotopic (exact) mass is 247 g/mol. The lowest BCUT2D eigenvalue weighted by Gasteiger charge is -2.26. The Morgan fingerprint density at radius 3 is 2.67 bits per heavy atom. The van der Waals surface area contributed by atoms with Gasteiger partial charge in [0.25, 0.3) is 0 Å². The highest BCUT2D eigenvalue weighted by molar-refractivity contribution is 5.89. The van der Waals surface area contributed by atoms with Crippen LogP contribution in [0.15, 0.2) is 24.3 Å². The maximum absolute atomic E-state index is 11.5. The summed E-state index contributed by atoms with van der Waals surface area (Å²) in [6.07, 6.45) is 4.59. The summed E-state index contributed by atoms with van der Waals surface area (Å²) >= 11 is 0. The van der Waals surface area contributed by atoms with E-state index in [2.05, 4.69) is 0 Å². The third-order valence-electron chi connectivity index (χ3n) is 3.61. The number of ether oxygens (including phenoxy) is 1. The van der Waals surface area contributed by atoms with E-state index < -0.39 is 0 Å². The number of nitrogens with two attached hydrogens (primary N) is 1. The highest BCUT2D eigenvalue weighted by Crippen LogP contribution is 2.32. The Hall–Kier alpha value is -1.35. The molecule has 3 heteroatoms. The van der Waals surface area contributed by atoms with Gasteiger partial charge in [0, 0.05) is 6.04 Å². The predicted molar refractivity (Wildman–Crippen MR) is 71.6 cm³/mol. The summed E-state index contributed by atoms with van der Waals surface area (Å²) in [5.41, 5.74) is 7.92. The van der Waals surface area contributed by atoms with E-state index in [1.54, 1.807) is 0 Å². The van der Waals surface area contributed by atoms with Gasteiger partial charge in [0.15, 0.2) is 0 Å². The molecule has 1 aliphatic carbocycles. The molecule has 1 fully saturated rings. The third-order valence-corrected chi connectivity index (χ3v) is 3.61. The second-order valence-corrected chi connectivity index (χ2v) is 4.97. The van der Waals surface area contributed by atoms with Crippen LogP contribution in [-0.4, -0.2) is 18.6 Å². The molecule has 1 saturated carbocycles. The number of rotatable bonds is 3. The van der Waals surface area contributed by atoms with Gasteiger partial charge in [-0.05, 0) is 49.8 Å². The van der Waals surface area contributed by atoms with Crippen LogP contribution in [0.1, 0.15) is 54.4 Å². The molecule has 2 unspecified atom stereocenters. The Morgan fingerprint density at radius 1 is 1.33 bits per heavy atom. The fraction of sp³-hybridized carbons (Fsp3) is 0.533. The fourth-order valence-electron chi connectivity index (χ4n) is 2.64. The Labute approximate surface area is 108 Å². The molecule has 2 atom stereocenters. The Morgan fingerprint density at radius 2 is 2.06 bits per heavy atom. The highest BCUT2D eigenvalue weighted by Gasteiger charge is 2.20. The molecule has 0 heterocycles. The number of carbonyl (C=O) groups is 1. The van der Waals surface area contributed by atoms with Crippen LogP contribution >= 0.6 is 0 Å². The van der Waals surface area contributed by atoms with E-state index in [0.29, 0.717) is 24.1 Å². The zero-order valence-electron chi connectivity index (χ0n) is 10.9. The molecule has 0 bridgehead atoms. The fourth-order valence-corrected chi connectivity index (χ4v) is 2.64. The maximum Gasteiger partial charge on any atom is 0.338 e. The standard InChI is InChI=1S/C15H21NO2/c1-2-18-15(17)12-8-6-11(7-9-12)13-4-3-5-14(16)10-13/h6-9,13-14H,2-5,10,16H2,1H3. The van der Waals surface area contributed by atoms with Crippen molar-refractivity contribution in [3.63, 3.8) is 0 Å². The summed E-state index contributed by atoms with van der Waals surface area (Å²) in [6, 6.07) is 8.11. The molecule has 1 aliphatic rings. The van der Waals surface area contributed by atoms with E-state index in [0.717, 1.165) is 12.8 Å². The van der Waals surface area contributed by atoms with Crippen LogP contribution < -0.4 is 5.73 Å². The average molecular weight is 247 g/mol. The first kappa shape index (κ1) is 13.1. The Bertz CT molecular complexity index is 399. The first-order valence-corrected chi connectivity index (χ1v) is 6.73. The van der Waals surface area contributed by atoms with E-state index in [1.165, 1.54) is 18.4 Å². The number of hydrogen-bond acceptors (Lipinski definition) is 3. The van der Waals surface area contributed by atoms with Crippen LogP contribution in [0.3, 0.4) is 0 Å². The SMILES string of the molecule is CCOC(=O)c1ccc(C2CCCC(N)C2)cc1. The van der Waals surface area contributed by atoms with Gasteiger partial charge in [0.05, 0.1) is 12.2 Å². The lowest BCUT2D eigenvalue weighted by Crippen LogP contribution is -2.26. The number of esters is 1. The summed E-state index contributed by atoms with van der Waals surface area (Å²) in [5.74, 6) is 0.300. The second-order valence-electron chi connectivity index (χ2n) is 4.97. The van der Waals surface area contributed by atoms with Crippen LogP contribution in [-0.2, 0) is 4.74 Å². The molecule has 0 amide bonds. The van der Waals surface area contributed by atoms with Gasteiger partial charge in [-0.2, -0.15) is 0 Å². The topological polar surface area (TPSA) is 52.3 Å². The van der Waals surface area contributed by atoms with E-state index in [4.69, 9.17) is 10.5 Å². The highest BCUT2D eigenvalue weighted by atomic mass is 16.5. The van der Waals surface area contributed by atoms with Crippen molar-refractivity contribution in [2.75, 3.05) is 6.61 Å². The number of carbonyl (C=O) groups excluding carboxylic acids is 1. The van der Waals surface area contributed by atoms with Gasteiger partial charge in [-0.3, -0.25) is 0 Å². The first-order chi connectivity index (χ1) is 8.70. The van der Waals surface area contributed by atoms with Crippen molar-refractivity contribution in [1.82, 2.24) is 0 Å². The molecule has 0 aliphatic heterocycles. The van der Waals surface area contributed by atoms with Gasteiger partial charge in [0.2, 0.25) is 0 Å². The molecule has 3 nitrogen and oxygen atoms in total. The lowest BCUT2D eigenvalue weighted by molar-refractivity contribution is 0.0526. The van der Waals surface area contributed by atoms with Crippen molar-refractivity contribution in [2.45, 2.75) is 44.6 Å². The van der Waals surface area contributed by atoms with Gasteiger partial charge in [-0.25, -0.2) is 4.79 Å². The van der Waals surface area contributed by atoms with E-state index >= 15 is 0 Å². The molecular formula is C15H21NO2. The Balaban J connectivity index is 2.05. The molecule has 18 heavy (non-hydrogen) atoms. The maximum atomic E-state index is 11.5. The Kier molecular flexibility index (Phi) is 4.37. The first-order valence-electron chi connectivity index (χ1n) is 6.73. The van der Waals surface area contributed by atoms with Crippen molar-refractivity contribution in [3.8, 4) is 0 Å². The van der Waals surface area contributed by atoms with Gasteiger partial charge in [-0.1, -0.05) is 18.6 Å². The van der Waals surface area contributed by atoms with Crippen molar-refractivity contribution in [1.29, 1.82) is 0 Å². The molecule has 0 saturated heterocycles. The van der Waals surface area contributed by atoms with Crippen molar-refractivity contribution < 1.29 is 9.53 Å². The van der Waals surface area contributed by atoms with Gasteiger partial charge in [0.1, 0.15) is 0 Å². The minimum Gasteiger partial charge on any atom is -0.462 e. The number of benzene rings is 1. The average Bonchev–Trinajstić information content (AvgIpc) is 2.39. The second kappa shape index (κ2) is 6.01. The van der Waals surface area contributed by atoms with E-state index in [1.807, 2.05) is 31.2 Å². The molecule has 0 spiro atoms. The molecule has 0 aromatic heterocycles. The summed E-state index contributed by atoms with van der Waals surface area (Å²) in [5, 5.41) is 0. The van der Waals surface area contributed by atoms with Gasteiger partial charge < -0.3 is 10.5 Å². The number of hydrogen-bond donors (Lipinski definition) is 1. The van der Waals surface area contributed by atoms with Gasteiger partial charge >= 0.3 is 5.97 Å². The third kappa shape index (κ3) is 3.10. The lowest BCUT2D eigenvalue weighted by atomic mass is 9.81. The largest absolute Gasteiger partial charge is 0.462 e. The van der Waals surface area contributed by atoms with Crippen molar-refractivity contribution >= 4 is 5.97 Å². The van der Waals surface area contributed by atoms with Gasteiger partial charge in [-0.15, -0.1) is 0 Å².